The van der Waals surface area contributed by atoms with Crippen LogP contribution in [0.15, 0.2) is 0 Å². The van der Waals surface area contributed by atoms with Gasteiger partial charge in [-0.2, -0.15) is 15.0 Å². The van der Waals surface area contributed by atoms with Crippen LogP contribution in [0.4, 0.5) is 11.9 Å². The Balaban J connectivity index is 2.92. The number of ether oxygens (including phenoxy) is 1. The standard InChI is InChI=1S/C11H21N5O/c1-4-7-16(8-5-2)10-13-9(12)14-11(15-10)17-6-3/h4-8H2,1-3H3,(H2,12,13,14,15). The van der Waals surface area contributed by atoms with E-state index in [1.54, 1.807) is 0 Å². The number of nitrogens with zero attached hydrogens (tertiary/aromatic N) is 4. The highest BCUT2D eigenvalue weighted by Crippen LogP contribution is 2.14. The van der Waals surface area contributed by atoms with Gasteiger partial charge in [-0.25, -0.2) is 0 Å². The van der Waals surface area contributed by atoms with Gasteiger partial charge in [-0.3, -0.25) is 0 Å². The van der Waals surface area contributed by atoms with Gasteiger partial charge < -0.3 is 15.4 Å². The minimum absolute atomic E-state index is 0.204. The first-order valence-electron chi connectivity index (χ1n) is 6.10. The summed E-state index contributed by atoms with van der Waals surface area (Å²) in [4.78, 5) is 14.4. The number of anilines is 2. The van der Waals surface area contributed by atoms with Crippen molar-refractivity contribution < 1.29 is 4.74 Å². The summed E-state index contributed by atoms with van der Waals surface area (Å²) in [6.45, 7) is 8.46. The van der Waals surface area contributed by atoms with Gasteiger partial charge in [0.05, 0.1) is 6.61 Å². The molecule has 1 rings (SSSR count). The molecule has 0 unspecified atom stereocenters. The number of hydrogen-bond acceptors (Lipinski definition) is 6. The highest BCUT2D eigenvalue weighted by Gasteiger charge is 2.11. The lowest BCUT2D eigenvalue weighted by molar-refractivity contribution is 0.312. The topological polar surface area (TPSA) is 77.2 Å². The van der Waals surface area contributed by atoms with Crippen molar-refractivity contribution in [3.63, 3.8) is 0 Å². The first-order chi connectivity index (χ1) is 8.21. The molecular formula is C11H21N5O. The highest BCUT2D eigenvalue weighted by atomic mass is 16.5. The molecule has 0 spiro atoms. The van der Waals surface area contributed by atoms with Crippen LogP contribution in [0.1, 0.15) is 33.6 Å². The van der Waals surface area contributed by atoms with Crippen LogP contribution in [-0.2, 0) is 0 Å². The fraction of sp³-hybridized carbons (Fsp3) is 0.727. The van der Waals surface area contributed by atoms with Gasteiger partial charge >= 0.3 is 6.01 Å². The molecule has 0 saturated heterocycles. The second-order valence-electron chi connectivity index (χ2n) is 3.70. The summed E-state index contributed by atoms with van der Waals surface area (Å²) in [5.74, 6) is 0.806. The number of nitrogen functional groups attached to an aromatic ring is 1. The molecule has 0 aliphatic carbocycles. The van der Waals surface area contributed by atoms with Gasteiger partial charge in [0.15, 0.2) is 0 Å². The Morgan fingerprint density at radius 1 is 1.06 bits per heavy atom. The largest absolute Gasteiger partial charge is 0.464 e. The maximum Gasteiger partial charge on any atom is 0.323 e. The third-order valence-corrected chi connectivity index (χ3v) is 2.16. The van der Waals surface area contributed by atoms with E-state index in [1.165, 1.54) is 0 Å². The van der Waals surface area contributed by atoms with E-state index >= 15 is 0 Å². The average Bonchev–Trinajstić information content (AvgIpc) is 2.28. The van der Waals surface area contributed by atoms with Crippen LogP contribution in [0.3, 0.4) is 0 Å². The van der Waals surface area contributed by atoms with Crippen LogP contribution in [-0.4, -0.2) is 34.6 Å². The summed E-state index contributed by atoms with van der Waals surface area (Å²) in [6.07, 6.45) is 2.07. The summed E-state index contributed by atoms with van der Waals surface area (Å²) >= 11 is 0. The molecular weight excluding hydrogens is 218 g/mol. The molecule has 1 heterocycles. The van der Waals surface area contributed by atoms with E-state index in [0.29, 0.717) is 18.6 Å². The Morgan fingerprint density at radius 3 is 2.24 bits per heavy atom. The molecule has 1 aromatic rings. The molecule has 0 aliphatic heterocycles. The zero-order valence-corrected chi connectivity index (χ0v) is 10.8. The van der Waals surface area contributed by atoms with E-state index < -0.39 is 0 Å². The van der Waals surface area contributed by atoms with Crippen LogP contribution in [0.2, 0.25) is 0 Å². The first kappa shape index (κ1) is 13.5. The number of aromatic nitrogens is 3. The van der Waals surface area contributed by atoms with Gasteiger partial charge in [-0.1, -0.05) is 13.8 Å². The molecule has 0 fully saturated rings. The molecule has 0 amide bonds. The lowest BCUT2D eigenvalue weighted by Crippen LogP contribution is -2.27. The minimum Gasteiger partial charge on any atom is -0.464 e. The molecule has 0 aliphatic rings. The molecule has 0 saturated carbocycles. The van der Waals surface area contributed by atoms with Gasteiger partial charge in [0, 0.05) is 13.1 Å². The van der Waals surface area contributed by atoms with Crippen LogP contribution < -0.4 is 15.4 Å². The fourth-order valence-corrected chi connectivity index (χ4v) is 1.55. The number of hydrogen-bond donors (Lipinski definition) is 1. The molecule has 1 aromatic heterocycles. The fourth-order valence-electron chi connectivity index (χ4n) is 1.55. The smallest absolute Gasteiger partial charge is 0.323 e. The number of rotatable bonds is 7. The average molecular weight is 239 g/mol. The van der Waals surface area contributed by atoms with Crippen molar-refractivity contribution >= 4 is 11.9 Å². The quantitative estimate of drug-likeness (QED) is 0.776. The highest BCUT2D eigenvalue weighted by molar-refractivity contribution is 5.35. The van der Waals surface area contributed by atoms with Crippen molar-refractivity contribution in [3.05, 3.63) is 0 Å². The van der Waals surface area contributed by atoms with Gasteiger partial charge in [-0.15, -0.1) is 0 Å². The third-order valence-electron chi connectivity index (χ3n) is 2.16. The van der Waals surface area contributed by atoms with Crippen LogP contribution in [0.5, 0.6) is 6.01 Å². The molecule has 0 atom stereocenters. The summed E-state index contributed by atoms with van der Waals surface area (Å²) in [5.41, 5.74) is 5.65. The third kappa shape index (κ3) is 4.05. The summed E-state index contributed by atoms with van der Waals surface area (Å²) in [7, 11) is 0. The van der Waals surface area contributed by atoms with Crippen LogP contribution >= 0.6 is 0 Å². The van der Waals surface area contributed by atoms with Crippen molar-refractivity contribution in [1.82, 2.24) is 15.0 Å². The Hall–Kier alpha value is -1.59. The zero-order valence-electron chi connectivity index (χ0n) is 10.8. The second kappa shape index (κ2) is 6.88. The maximum atomic E-state index is 5.65. The van der Waals surface area contributed by atoms with Crippen molar-refractivity contribution in [2.24, 2.45) is 0 Å². The minimum atomic E-state index is 0.204. The van der Waals surface area contributed by atoms with Crippen LogP contribution in [0, 0.1) is 0 Å². The first-order valence-corrected chi connectivity index (χ1v) is 6.10. The summed E-state index contributed by atoms with van der Waals surface area (Å²) in [5, 5.41) is 0. The molecule has 0 radical (unpaired) electrons. The molecule has 17 heavy (non-hydrogen) atoms. The molecule has 0 bridgehead atoms. The maximum absolute atomic E-state index is 5.65. The lowest BCUT2D eigenvalue weighted by Gasteiger charge is -2.21. The summed E-state index contributed by atoms with van der Waals surface area (Å²) < 4.78 is 5.26. The SMILES string of the molecule is CCCN(CCC)c1nc(N)nc(OCC)n1. The Labute approximate surface area is 102 Å². The number of nitrogens with two attached hydrogens (primary N) is 1. The Kier molecular flexibility index (Phi) is 5.45. The van der Waals surface area contributed by atoms with Crippen molar-refractivity contribution in [1.29, 1.82) is 0 Å². The molecule has 6 nitrogen and oxygen atoms in total. The Morgan fingerprint density at radius 2 is 1.71 bits per heavy atom. The van der Waals surface area contributed by atoms with Gasteiger partial charge in [0.25, 0.3) is 0 Å². The normalized spacial score (nSPS) is 10.3. The monoisotopic (exact) mass is 239 g/mol. The van der Waals surface area contributed by atoms with Gasteiger partial charge in [0.1, 0.15) is 0 Å². The van der Waals surface area contributed by atoms with Crippen molar-refractivity contribution in [2.75, 3.05) is 30.3 Å². The molecule has 6 heteroatoms. The van der Waals surface area contributed by atoms with Gasteiger partial charge in [0.2, 0.25) is 11.9 Å². The van der Waals surface area contributed by atoms with E-state index in [-0.39, 0.29) is 5.95 Å². The predicted molar refractivity (Wildman–Crippen MR) is 68.2 cm³/mol. The lowest BCUT2D eigenvalue weighted by atomic mass is 10.4. The van der Waals surface area contributed by atoms with E-state index in [4.69, 9.17) is 10.5 Å². The Bertz CT molecular complexity index is 339. The van der Waals surface area contributed by atoms with E-state index in [1.807, 2.05) is 6.92 Å². The van der Waals surface area contributed by atoms with Gasteiger partial charge in [-0.05, 0) is 19.8 Å². The zero-order chi connectivity index (χ0) is 12.7. The van der Waals surface area contributed by atoms with Crippen LogP contribution in [0.25, 0.3) is 0 Å². The van der Waals surface area contributed by atoms with Crippen molar-refractivity contribution in [2.45, 2.75) is 33.6 Å². The van der Waals surface area contributed by atoms with E-state index in [9.17, 15) is 0 Å². The molecule has 2 N–H and O–H groups in total. The van der Waals surface area contributed by atoms with Crippen molar-refractivity contribution in [3.8, 4) is 6.01 Å². The van der Waals surface area contributed by atoms with E-state index in [0.717, 1.165) is 25.9 Å². The molecule has 0 aromatic carbocycles. The van der Waals surface area contributed by atoms with E-state index in [2.05, 4.69) is 33.7 Å². The summed E-state index contributed by atoms with van der Waals surface area (Å²) in [6, 6.07) is 0.298. The molecule has 96 valence electrons. The predicted octanol–water partition coefficient (Wildman–Crippen LogP) is 1.48. The second-order valence-corrected chi connectivity index (χ2v) is 3.70.